The summed E-state index contributed by atoms with van der Waals surface area (Å²) in [5, 5.41) is 27.8. The number of aliphatic hydroxyl groups excluding tert-OH is 2. The Bertz CT molecular complexity index is 1440. The average molecular weight is 595 g/mol. The molecular weight excluding hydrogens is 572 g/mol. The summed E-state index contributed by atoms with van der Waals surface area (Å²) < 4.78 is 35.1. The first-order chi connectivity index (χ1) is 18.4. The van der Waals surface area contributed by atoms with Crippen LogP contribution in [0.4, 0.5) is 0 Å². The third kappa shape index (κ3) is 7.06. The standard InChI is InChI=1S/C18H24N9O11P.Na/c1-7-3-26(18(32)22-16(7)31)11-2-8(23-25-20)9(37-11)4-35-39(33,34)36-5-10-12(28)13(29)17(38-10)27-6-21-15(24-27)14(19)30;/h3,6,8-13,17,28-29H,2,4-5H2,1H3,(H2,19,30)(H,33,34)(H,22,31,32);/q;+1/p-1/t8-,9+,10?,11+,12-,13-,17-;/m0./s1. The van der Waals surface area contributed by atoms with Crippen LogP contribution in [0.1, 0.15) is 35.1 Å². The van der Waals surface area contributed by atoms with Gasteiger partial charge < -0.3 is 39.4 Å². The van der Waals surface area contributed by atoms with E-state index in [-0.39, 0.29) is 47.4 Å². The number of H-pyrrole nitrogens is 1. The SMILES string of the molecule is Cc1cn([C@H]2C[C@H](N=[N+]=[N-])[C@@H](COP(=O)([O-])OCC3O[C@H](n4cnc(C(N)=O)n4)[C@@H](O)[C@H]3O)O2)c(=O)[nH]c1=O.[Na+]. The van der Waals surface area contributed by atoms with Gasteiger partial charge in [0, 0.05) is 23.1 Å². The van der Waals surface area contributed by atoms with Crippen LogP contribution in [-0.4, -0.2) is 84.1 Å². The molecule has 20 nitrogen and oxygen atoms in total. The number of nitrogens with two attached hydrogens (primary N) is 1. The largest absolute Gasteiger partial charge is 1.00 e. The van der Waals surface area contributed by atoms with Crippen LogP contribution < -0.4 is 51.4 Å². The van der Waals surface area contributed by atoms with E-state index in [0.29, 0.717) is 0 Å². The van der Waals surface area contributed by atoms with Crippen molar-refractivity contribution in [2.75, 3.05) is 13.2 Å². The summed E-state index contributed by atoms with van der Waals surface area (Å²) in [6, 6.07) is -0.928. The van der Waals surface area contributed by atoms with Crippen molar-refractivity contribution >= 4 is 13.7 Å². The number of primary amides is 1. The van der Waals surface area contributed by atoms with Gasteiger partial charge in [-0.1, -0.05) is 5.11 Å². The molecule has 4 heterocycles. The molecule has 2 aromatic rings. The van der Waals surface area contributed by atoms with Gasteiger partial charge in [-0.05, 0) is 12.5 Å². The fraction of sp³-hybridized carbons (Fsp3) is 0.611. The van der Waals surface area contributed by atoms with Crippen LogP contribution in [-0.2, 0) is 23.1 Å². The van der Waals surface area contributed by atoms with E-state index in [1.54, 1.807) is 0 Å². The number of carbonyl (C=O) groups is 1. The Hall–Kier alpha value is -2.45. The molecule has 8 atom stereocenters. The predicted molar refractivity (Wildman–Crippen MR) is 121 cm³/mol. The first-order valence-corrected chi connectivity index (χ1v) is 12.7. The maximum Gasteiger partial charge on any atom is 1.00 e. The van der Waals surface area contributed by atoms with E-state index in [4.69, 9.17) is 29.8 Å². The van der Waals surface area contributed by atoms with Crippen LogP contribution in [0.25, 0.3) is 10.4 Å². The summed E-state index contributed by atoms with van der Waals surface area (Å²) in [4.78, 5) is 55.8. The van der Waals surface area contributed by atoms with E-state index < -0.39 is 81.1 Å². The maximum absolute atomic E-state index is 12.4. The van der Waals surface area contributed by atoms with Gasteiger partial charge in [-0.2, -0.15) is 0 Å². The molecular formula is C18H23N9NaO11P. The van der Waals surface area contributed by atoms with Crippen LogP contribution in [0.5, 0.6) is 0 Å². The van der Waals surface area contributed by atoms with E-state index in [2.05, 4.69) is 25.1 Å². The number of hydrogen-bond donors (Lipinski definition) is 4. The van der Waals surface area contributed by atoms with E-state index in [0.717, 1.165) is 15.6 Å². The minimum atomic E-state index is -5.05. The van der Waals surface area contributed by atoms with Gasteiger partial charge >= 0.3 is 35.2 Å². The normalized spacial score (nSPS) is 29.4. The second-order valence-corrected chi connectivity index (χ2v) is 10.0. The molecule has 5 N–H and O–H groups in total. The van der Waals surface area contributed by atoms with E-state index in [9.17, 15) is 34.1 Å². The van der Waals surface area contributed by atoms with Crippen molar-refractivity contribution in [1.29, 1.82) is 0 Å². The van der Waals surface area contributed by atoms with Gasteiger partial charge in [-0.15, -0.1) is 5.10 Å². The van der Waals surface area contributed by atoms with Crippen molar-refractivity contribution in [3.63, 3.8) is 0 Å². The van der Waals surface area contributed by atoms with Crippen molar-refractivity contribution in [3.8, 4) is 0 Å². The minimum absolute atomic E-state index is 0. The number of amides is 1. The van der Waals surface area contributed by atoms with Gasteiger partial charge in [0.15, 0.2) is 6.23 Å². The number of phosphoric acid groups is 1. The van der Waals surface area contributed by atoms with Crippen LogP contribution in [0.3, 0.4) is 0 Å². The van der Waals surface area contributed by atoms with Gasteiger partial charge in [0.25, 0.3) is 19.3 Å². The zero-order valence-electron chi connectivity index (χ0n) is 21.0. The van der Waals surface area contributed by atoms with Crippen LogP contribution in [0.2, 0.25) is 0 Å². The molecule has 1 amide bonds. The molecule has 22 heteroatoms. The number of nitrogens with zero attached hydrogens (tertiary/aromatic N) is 7. The van der Waals surface area contributed by atoms with Crippen LogP contribution >= 0.6 is 7.82 Å². The van der Waals surface area contributed by atoms with Crippen molar-refractivity contribution in [2.45, 2.75) is 56.3 Å². The third-order valence-corrected chi connectivity index (χ3v) is 6.91. The molecule has 212 valence electrons. The van der Waals surface area contributed by atoms with E-state index >= 15 is 0 Å². The van der Waals surface area contributed by atoms with E-state index in [1.807, 2.05) is 0 Å². The predicted octanol–water partition coefficient (Wildman–Crippen LogP) is -5.67. The number of aromatic amines is 1. The first kappa shape index (κ1) is 32.1. The molecule has 40 heavy (non-hydrogen) atoms. The Kier molecular flexibility index (Phi) is 10.4. The molecule has 0 aliphatic carbocycles. The number of aromatic nitrogens is 5. The average Bonchev–Trinajstić information content (AvgIpc) is 3.58. The van der Waals surface area contributed by atoms with Gasteiger partial charge in [-0.3, -0.25) is 23.7 Å². The second kappa shape index (κ2) is 13.0. The number of rotatable bonds is 10. The minimum Gasteiger partial charge on any atom is -0.756 e. The number of phosphoric ester groups is 1. The fourth-order valence-electron chi connectivity index (χ4n) is 3.99. The molecule has 2 aliphatic rings. The van der Waals surface area contributed by atoms with Gasteiger partial charge in [0.05, 0.1) is 25.4 Å². The topological polar surface area (TPSA) is 295 Å². The van der Waals surface area contributed by atoms with Crippen molar-refractivity contribution in [1.82, 2.24) is 24.3 Å². The molecule has 0 bridgehead atoms. The Labute approximate surface area is 245 Å². The number of nitrogens with one attached hydrogen (secondary N) is 1. The monoisotopic (exact) mass is 595 g/mol. The molecule has 2 saturated heterocycles. The van der Waals surface area contributed by atoms with E-state index in [1.165, 1.54) is 13.1 Å². The van der Waals surface area contributed by atoms with Gasteiger partial charge in [0.2, 0.25) is 5.82 Å². The molecule has 0 spiro atoms. The molecule has 2 aromatic heterocycles. The smallest absolute Gasteiger partial charge is 0.756 e. The molecule has 4 rings (SSSR count). The maximum atomic E-state index is 12.4. The third-order valence-electron chi connectivity index (χ3n) is 5.98. The Balaban J connectivity index is 0.00000441. The zero-order chi connectivity index (χ0) is 28.5. The molecule has 2 aliphatic heterocycles. The Morgan fingerprint density at radius 1 is 1.32 bits per heavy atom. The summed E-state index contributed by atoms with van der Waals surface area (Å²) in [5.74, 6) is -1.30. The van der Waals surface area contributed by atoms with Gasteiger partial charge in [-0.25, -0.2) is 14.5 Å². The quantitative estimate of drug-likeness (QED) is 0.0655. The Morgan fingerprint density at radius 3 is 2.62 bits per heavy atom. The van der Waals surface area contributed by atoms with Crippen molar-refractivity contribution < 1.29 is 72.5 Å². The molecule has 0 saturated carbocycles. The molecule has 2 fully saturated rings. The summed E-state index contributed by atoms with van der Waals surface area (Å²) in [5.41, 5.74) is 12.8. The number of azide groups is 1. The fourth-order valence-corrected chi connectivity index (χ4v) is 4.72. The van der Waals surface area contributed by atoms with Crippen molar-refractivity contribution in [2.24, 2.45) is 10.8 Å². The van der Waals surface area contributed by atoms with Crippen LogP contribution in [0, 0.1) is 6.92 Å². The summed E-state index contributed by atoms with van der Waals surface area (Å²) >= 11 is 0. The summed E-state index contributed by atoms with van der Waals surface area (Å²) in [7, 11) is -5.05. The number of hydrogen-bond acceptors (Lipinski definition) is 14. The van der Waals surface area contributed by atoms with Gasteiger partial charge in [0.1, 0.15) is 30.9 Å². The summed E-state index contributed by atoms with van der Waals surface area (Å²) in [6.45, 7) is 0.0375. The first-order valence-electron chi connectivity index (χ1n) is 11.2. The second-order valence-electron chi connectivity index (χ2n) is 8.61. The van der Waals surface area contributed by atoms with Crippen LogP contribution in [0.15, 0.2) is 27.2 Å². The number of aliphatic hydroxyl groups is 2. The number of aryl methyl sites for hydroxylation is 1. The van der Waals surface area contributed by atoms with Crippen molar-refractivity contribution in [3.05, 3.63) is 55.2 Å². The molecule has 0 aromatic carbocycles. The summed E-state index contributed by atoms with van der Waals surface area (Å²) in [6.07, 6.45) is -5.70. The molecule has 2 unspecified atom stereocenters. The zero-order valence-corrected chi connectivity index (χ0v) is 23.9. The Morgan fingerprint density at radius 2 is 2.00 bits per heavy atom. The molecule has 0 radical (unpaired) electrons. The number of carbonyl (C=O) groups excluding carboxylic acids is 1. The number of ether oxygens (including phenoxy) is 2.